The highest BCUT2D eigenvalue weighted by molar-refractivity contribution is 5.80. The first kappa shape index (κ1) is 18.5. The van der Waals surface area contributed by atoms with Gasteiger partial charge in [-0.05, 0) is 24.1 Å². The number of fused-ring (bicyclic) bond motifs is 1. The van der Waals surface area contributed by atoms with Gasteiger partial charge in [-0.15, -0.1) is 0 Å². The molecule has 0 atom stereocenters. The van der Waals surface area contributed by atoms with Crippen molar-refractivity contribution in [2.24, 2.45) is 5.10 Å². The van der Waals surface area contributed by atoms with Crippen molar-refractivity contribution in [1.29, 1.82) is 0 Å². The largest absolute Gasteiger partial charge is 0.378 e. The third kappa shape index (κ3) is 3.81. The zero-order valence-electron chi connectivity index (χ0n) is 16.6. The Morgan fingerprint density at radius 3 is 2.67 bits per heavy atom. The van der Waals surface area contributed by atoms with Crippen LogP contribution in [-0.4, -0.2) is 54.0 Å². The molecule has 2 aromatic heterocycles. The Hall–Kier alpha value is -3.52. The van der Waals surface area contributed by atoms with Gasteiger partial charge in [0.25, 0.3) is 0 Å². The molecule has 0 spiro atoms. The van der Waals surface area contributed by atoms with E-state index in [-0.39, 0.29) is 0 Å². The molecule has 0 saturated carbocycles. The van der Waals surface area contributed by atoms with Crippen LogP contribution in [0.15, 0.2) is 60.0 Å². The first-order valence-electron chi connectivity index (χ1n) is 10.1. The Labute approximate surface area is 175 Å². The second-order valence-electron chi connectivity index (χ2n) is 7.17. The zero-order valence-corrected chi connectivity index (χ0v) is 16.6. The van der Waals surface area contributed by atoms with Crippen LogP contribution in [0.3, 0.4) is 0 Å². The third-order valence-corrected chi connectivity index (χ3v) is 5.25. The van der Waals surface area contributed by atoms with Gasteiger partial charge in [0.2, 0.25) is 5.95 Å². The fourth-order valence-corrected chi connectivity index (χ4v) is 3.71. The summed E-state index contributed by atoms with van der Waals surface area (Å²) in [6, 6.07) is 14.0. The summed E-state index contributed by atoms with van der Waals surface area (Å²) in [5.41, 5.74) is 6.29. The Balaban J connectivity index is 1.49. The van der Waals surface area contributed by atoms with Crippen LogP contribution in [0, 0.1) is 0 Å². The van der Waals surface area contributed by atoms with Crippen LogP contribution in [0.5, 0.6) is 0 Å². The van der Waals surface area contributed by atoms with E-state index >= 15 is 0 Å². The van der Waals surface area contributed by atoms with E-state index in [1.165, 1.54) is 0 Å². The van der Waals surface area contributed by atoms with Crippen LogP contribution in [0.4, 0.5) is 23.3 Å². The molecule has 3 aromatic rings. The Bertz CT molecular complexity index is 1020. The number of ether oxygens (including phenoxy) is 1. The predicted octanol–water partition coefficient (Wildman–Crippen LogP) is 2.85. The second-order valence-corrected chi connectivity index (χ2v) is 7.17. The summed E-state index contributed by atoms with van der Waals surface area (Å²) in [6.07, 6.45) is 6.30. The van der Waals surface area contributed by atoms with Gasteiger partial charge in [0.1, 0.15) is 5.82 Å². The Kier molecular flexibility index (Phi) is 5.22. The van der Waals surface area contributed by atoms with E-state index in [4.69, 9.17) is 14.7 Å². The van der Waals surface area contributed by atoms with Crippen LogP contribution < -0.4 is 15.2 Å². The lowest BCUT2D eigenvalue weighted by molar-refractivity contribution is 0.122. The highest BCUT2D eigenvalue weighted by Gasteiger charge is 2.28. The monoisotopic (exact) mass is 401 g/mol. The number of pyridine rings is 1. The van der Waals surface area contributed by atoms with Gasteiger partial charge >= 0.3 is 0 Å². The molecule has 1 aromatic carbocycles. The number of benzene rings is 1. The van der Waals surface area contributed by atoms with Gasteiger partial charge in [0.05, 0.1) is 31.3 Å². The van der Waals surface area contributed by atoms with Gasteiger partial charge in [-0.25, -0.2) is 0 Å². The number of nitrogens with zero attached hydrogens (tertiary/aromatic N) is 6. The highest BCUT2D eigenvalue weighted by Crippen LogP contribution is 2.37. The van der Waals surface area contributed by atoms with Crippen LogP contribution >= 0.6 is 0 Å². The average Bonchev–Trinajstić information content (AvgIpc) is 3.25. The summed E-state index contributed by atoms with van der Waals surface area (Å²) in [6.45, 7) is 3.75. The number of hydrogen-bond acceptors (Lipinski definition) is 8. The lowest BCUT2D eigenvalue weighted by Crippen LogP contribution is -2.37. The quantitative estimate of drug-likeness (QED) is 0.520. The maximum atomic E-state index is 5.49. The minimum atomic E-state index is 0.682. The van der Waals surface area contributed by atoms with Crippen molar-refractivity contribution in [2.75, 3.05) is 48.1 Å². The summed E-state index contributed by atoms with van der Waals surface area (Å²) in [5, 5.41) is 4.43. The fraction of sp³-hybridized carbons (Fsp3) is 0.273. The number of nitrogens with one attached hydrogen (secondary N) is 1. The minimum Gasteiger partial charge on any atom is -0.378 e. The van der Waals surface area contributed by atoms with Crippen LogP contribution in [0.25, 0.3) is 0 Å². The second kappa shape index (κ2) is 8.46. The number of hydrazone groups is 1. The lowest BCUT2D eigenvalue weighted by Gasteiger charge is -2.28. The van der Waals surface area contributed by atoms with Gasteiger partial charge in [-0.1, -0.05) is 30.3 Å². The topological polar surface area (TPSA) is 78.8 Å². The molecule has 1 saturated heterocycles. The van der Waals surface area contributed by atoms with Gasteiger partial charge in [-0.3, -0.25) is 10.4 Å². The maximum absolute atomic E-state index is 5.49. The normalized spacial score (nSPS) is 16.1. The van der Waals surface area contributed by atoms with Gasteiger partial charge in [0.15, 0.2) is 5.82 Å². The van der Waals surface area contributed by atoms with E-state index in [0.29, 0.717) is 19.2 Å². The average molecular weight is 401 g/mol. The van der Waals surface area contributed by atoms with Crippen molar-refractivity contribution in [2.45, 2.75) is 6.42 Å². The molecule has 1 fully saturated rings. The molecule has 0 radical (unpaired) electrons. The van der Waals surface area contributed by atoms with E-state index in [9.17, 15) is 0 Å². The molecule has 152 valence electrons. The molecule has 30 heavy (non-hydrogen) atoms. The number of aromatic nitrogens is 3. The summed E-state index contributed by atoms with van der Waals surface area (Å²) >= 11 is 0. The molecule has 0 aliphatic carbocycles. The number of rotatable bonds is 5. The molecule has 4 heterocycles. The SMILES string of the molecule is C(=N\Nc1nc(N2CCOCC2)nc2c1CCN2c1cccnc1)/c1ccccc1. The zero-order chi connectivity index (χ0) is 20.2. The predicted molar refractivity (Wildman–Crippen MR) is 118 cm³/mol. The molecule has 2 aliphatic rings. The summed E-state index contributed by atoms with van der Waals surface area (Å²) in [4.78, 5) is 18.4. The van der Waals surface area contributed by atoms with Crippen LogP contribution in [0.2, 0.25) is 0 Å². The minimum absolute atomic E-state index is 0.682. The van der Waals surface area contributed by atoms with Crippen molar-refractivity contribution >= 4 is 29.5 Å². The summed E-state index contributed by atoms with van der Waals surface area (Å²) in [7, 11) is 0. The van der Waals surface area contributed by atoms with Gasteiger partial charge in [0, 0.05) is 31.4 Å². The molecule has 0 amide bonds. The third-order valence-electron chi connectivity index (χ3n) is 5.25. The van der Waals surface area contributed by atoms with E-state index < -0.39 is 0 Å². The van der Waals surface area contributed by atoms with E-state index in [1.54, 1.807) is 12.4 Å². The van der Waals surface area contributed by atoms with Gasteiger partial charge in [-0.2, -0.15) is 15.1 Å². The molecule has 1 N–H and O–H groups in total. The molecule has 8 nitrogen and oxygen atoms in total. The molecular formula is C22H23N7O. The van der Waals surface area contributed by atoms with Gasteiger partial charge < -0.3 is 14.5 Å². The van der Waals surface area contributed by atoms with Crippen molar-refractivity contribution < 1.29 is 4.74 Å². The van der Waals surface area contributed by atoms with Crippen molar-refractivity contribution in [1.82, 2.24) is 15.0 Å². The van der Waals surface area contributed by atoms with E-state index in [2.05, 4.69) is 31.4 Å². The first-order chi connectivity index (χ1) is 14.9. The molecular weight excluding hydrogens is 378 g/mol. The fourth-order valence-electron chi connectivity index (χ4n) is 3.71. The van der Waals surface area contributed by atoms with E-state index in [0.717, 1.165) is 54.5 Å². The van der Waals surface area contributed by atoms with Crippen molar-refractivity contribution in [3.63, 3.8) is 0 Å². The highest BCUT2D eigenvalue weighted by atomic mass is 16.5. The molecule has 0 bridgehead atoms. The summed E-state index contributed by atoms with van der Waals surface area (Å²) < 4.78 is 5.49. The Morgan fingerprint density at radius 1 is 1.00 bits per heavy atom. The smallest absolute Gasteiger partial charge is 0.229 e. The lowest BCUT2D eigenvalue weighted by atomic mass is 10.2. The molecule has 5 rings (SSSR count). The molecule has 8 heteroatoms. The van der Waals surface area contributed by atoms with Crippen LogP contribution in [-0.2, 0) is 11.2 Å². The maximum Gasteiger partial charge on any atom is 0.229 e. The number of anilines is 4. The van der Waals surface area contributed by atoms with Crippen LogP contribution in [0.1, 0.15) is 11.1 Å². The summed E-state index contributed by atoms with van der Waals surface area (Å²) in [5.74, 6) is 2.36. The number of hydrogen-bond donors (Lipinski definition) is 1. The first-order valence-corrected chi connectivity index (χ1v) is 10.1. The molecule has 0 unspecified atom stereocenters. The van der Waals surface area contributed by atoms with E-state index in [1.807, 2.05) is 42.6 Å². The standard InChI is InChI=1S/C22H23N7O/c1-2-5-17(6-3-1)15-24-27-20-19-8-10-29(18-7-4-9-23-16-18)21(19)26-22(25-20)28-11-13-30-14-12-28/h1-7,9,15-16H,8,10-14H2,(H,25,26,27)/b24-15+. The van der Waals surface area contributed by atoms with Crippen molar-refractivity contribution in [3.05, 3.63) is 66.0 Å². The number of morpholine rings is 1. The molecule has 2 aliphatic heterocycles. The van der Waals surface area contributed by atoms with Crippen molar-refractivity contribution in [3.8, 4) is 0 Å². The Morgan fingerprint density at radius 2 is 1.87 bits per heavy atom.